The first-order chi connectivity index (χ1) is 9.15. The lowest BCUT2D eigenvalue weighted by Gasteiger charge is -2.05. The minimum atomic E-state index is 0.0289. The minimum Gasteiger partial charge on any atom is -0.282 e. The first kappa shape index (κ1) is 17.1. The lowest BCUT2D eigenvalue weighted by molar-refractivity contribution is -0.107. The number of hydrogen-bond donors (Lipinski definition) is 0. The van der Waals surface area contributed by atoms with Crippen LogP contribution in [0.15, 0.2) is 21.3 Å². The maximum absolute atomic E-state index is 11.2. The van der Waals surface area contributed by atoms with Crippen LogP contribution in [-0.4, -0.2) is 32.1 Å². The Kier molecular flexibility index (Phi) is 8.85. The number of thioether (sulfide) groups is 3. The van der Waals surface area contributed by atoms with Crippen molar-refractivity contribution in [3.05, 3.63) is 12.7 Å². The Hall–Kier alpha value is 0.0200. The highest BCUT2D eigenvalue weighted by molar-refractivity contribution is 8.15. The third-order valence-corrected chi connectivity index (χ3v) is 6.75. The molecule has 19 heavy (non-hydrogen) atoms. The Morgan fingerprint density at radius 2 is 2.11 bits per heavy atom. The van der Waals surface area contributed by atoms with Crippen LogP contribution in [0.2, 0.25) is 0 Å². The lowest BCUT2D eigenvalue weighted by atomic mass is 10.4. The van der Waals surface area contributed by atoms with Crippen molar-refractivity contribution in [2.75, 3.05) is 11.5 Å². The summed E-state index contributed by atoms with van der Waals surface area (Å²) in [6, 6.07) is 0. The second-order valence-electron chi connectivity index (χ2n) is 3.80. The summed E-state index contributed by atoms with van der Waals surface area (Å²) < 4.78 is 2.02. The van der Waals surface area contributed by atoms with Crippen LogP contribution in [0.25, 0.3) is 0 Å². The third kappa shape index (κ3) is 7.39. The monoisotopic (exact) mass is 334 g/mol. The van der Waals surface area contributed by atoms with Crippen LogP contribution < -0.4 is 0 Å². The molecule has 106 valence electrons. The van der Waals surface area contributed by atoms with E-state index in [0.29, 0.717) is 0 Å². The van der Waals surface area contributed by atoms with Crippen molar-refractivity contribution in [3.8, 4) is 0 Å². The standard InChI is InChI=1S/C12H18N2OS4/c1-4-6-7-16-11-13-14-12(19-11)17-8-9(3)18-10(15)5-2/h5,9H,2,4,6-8H2,1,3H3. The van der Waals surface area contributed by atoms with Gasteiger partial charge in [0.15, 0.2) is 8.68 Å². The van der Waals surface area contributed by atoms with E-state index in [1.807, 2.05) is 6.92 Å². The molecule has 0 aliphatic heterocycles. The molecule has 7 heteroatoms. The number of carbonyl (C=O) groups excluding carboxylic acids is 1. The summed E-state index contributed by atoms with van der Waals surface area (Å²) in [4.78, 5) is 11.2. The highest BCUT2D eigenvalue weighted by atomic mass is 32.2. The average molecular weight is 335 g/mol. The van der Waals surface area contributed by atoms with Crippen LogP contribution in [0.5, 0.6) is 0 Å². The van der Waals surface area contributed by atoms with E-state index in [1.54, 1.807) is 34.9 Å². The van der Waals surface area contributed by atoms with E-state index < -0.39 is 0 Å². The van der Waals surface area contributed by atoms with Crippen LogP contribution in [0.4, 0.5) is 0 Å². The molecule has 0 aliphatic rings. The average Bonchev–Trinajstić information content (AvgIpc) is 2.84. The Labute approximate surface area is 131 Å². The van der Waals surface area contributed by atoms with Crippen molar-refractivity contribution in [1.82, 2.24) is 10.2 Å². The van der Waals surface area contributed by atoms with Gasteiger partial charge in [0.25, 0.3) is 0 Å². The molecule has 0 spiro atoms. The van der Waals surface area contributed by atoms with Crippen molar-refractivity contribution < 1.29 is 4.79 Å². The van der Waals surface area contributed by atoms with Crippen molar-refractivity contribution in [3.63, 3.8) is 0 Å². The fourth-order valence-electron chi connectivity index (χ4n) is 1.09. The van der Waals surface area contributed by atoms with Gasteiger partial charge in [0, 0.05) is 16.8 Å². The molecule has 1 aromatic heterocycles. The number of rotatable bonds is 9. The van der Waals surface area contributed by atoms with Gasteiger partial charge in [0.1, 0.15) is 0 Å². The smallest absolute Gasteiger partial charge is 0.211 e. The van der Waals surface area contributed by atoms with Gasteiger partial charge in [0.05, 0.1) is 0 Å². The summed E-state index contributed by atoms with van der Waals surface area (Å²) in [5.74, 6) is 1.97. The third-order valence-electron chi connectivity index (χ3n) is 2.04. The molecule has 0 aliphatic carbocycles. The molecule has 0 amide bonds. The lowest BCUT2D eigenvalue weighted by Crippen LogP contribution is -2.03. The maximum Gasteiger partial charge on any atom is 0.211 e. The minimum absolute atomic E-state index is 0.0289. The molecule has 1 rings (SSSR count). The van der Waals surface area contributed by atoms with Crippen LogP contribution in [0, 0.1) is 0 Å². The van der Waals surface area contributed by atoms with E-state index in [2.05, 4.69) is 23.7 Å². The zero-order valence-corrected chi connectivity index (χ0v) is 14.4. The summed E-state index contributed by atoms with van der Waals surface area (Å²) in [6.07, 6.45) is 3.78. The van der Waals surface area contributed by atoms with E-state index in [0.717, 1.165) is 20.2 Å². The quantitative estimate of drug-likeness (QED) is 0.380. The molecular formula is C12H18N2OS4. The van der Waals surface area contributed by atoms with Gasteiger partial charge in [-0.2, -0.15) is 0 Å². The molecule has 0 bridgehead atoms. The largest absolute Gasteiger partial charge is 0.282 e. The van der Waals surface area contributed by atoms with Gasteiger partial charge < -0.3 is 0 Å². The zero-order chi connectivity index (χ0) is 14.1. The molecule has 1 aromatic rings. The van der Waals surface area contributed by atoms with E-state index in [4.69, 9.17) is 0 Å². The summed E-state index contributed by atoms with van der Waals surface area (Å²) in [5, 5.41) is 8.61. The topological polar surface area (TPSA) is 42.9 Å². The molecule has 0 radical (unpaired) electrons. The first-order valence-corrected chi connectivity index (χ1v) is 9.74. The normalized spacial score (nSPS) is 12.3. The Morgan fingerprint density at radius 3 is 2.74 bits per heavy atom. The summed E-state index contributed by atoms with van der Waals surface area (Å²) >= 11 is 6.39. The second-order valence-corrected chi connectivity index (χ2v) is 8.83. The van der Waals surface area contributed by atoms with E-state index >= 15 is 0 Å². The number of aromatic nitrogens is 2. The Bertz CT molecular complexity index is 408. The second kappa shape index (κ2) is 9.85. The highest BCUT2D eigenvalue weighted by Gasteiger charge is 2.10. The van der Waals surface area contributed by atoms with Gasteiger partial charge in [-0.3, -0.25) is 4.79 Å². The SMILES string of the molecule is C=CC(=O)SC(C)CSc1nnc(SCCCC)s1. The van der Waals surface area contributed by atoms with Crippen LogP contribution in [-0.2, 0) is 4.79 Å². The predicted octanol–water partition coefficient (Wildman–Crippen LogP) is 4.36. The van der Waals surface area contributed by atoms with Crippen LogP contribution >= 0.6 is 46.6 Å². The summed E-state index contributed by atoms with van der Waals surface area (Å²) in [5.41, 5.74) is 0. The molecule has 0 saturated heterocycles. The van der Waals surface area contributed by atoms with Gasteiger partial charge >= 0.3 is 0 Å². The van der Waals surface area contributed by atoms with E-state index in [-0.39, 0.29) is 10.4 Å². The van der Waals surface area contributed by atoms with Crippen molar-refractivity contribution in [2.45, 2.75) is 40.6 Å². The van der Waals surface area contributed by atoms with E-state index in [1.165, 1.54) is 30.7 Å². The fourth-order valence-corrected chi connectivity index (χ4v) is 5.11. The van der Waals surface area contributed by atoms with Crippen molar-refractivity contribution in [2.24, 2.45) is 0 Å². The highest BCUT2D eigenvalue weighted by Crippen LogP contribution is 2.31. The molecule has 1 atom stereocenters. The molecular weight excluding hydrogens is 316 g/mol. The molecule has 0 aromatic carbocycles. The number of unbranched alkanes of at least 4 members (excludes halogenated alkanes) is 1. The Morgan fingerprint density at radius 1 is 1.42 bits per heavy atom. The van der Waals surface area contributed by atoms with Gasteiger partial charge in [-0.15, -0.1) is 10.2 Å². The van der Waals surface area contributed by atoms with Crippen molar-refractivity contribution in [1.29, 1.82) is 0 Å². The van der Waals surface area contributed by atoms with Gasteiger partial charge in [0.2, 0.25) is 5.12 Å². The Balaban J connectivity index is 2.29. The molecule has 1 heterocycles. The summed E-state index contributed by atoms with van der Waals surface area (Å²) in [7, 11) is 0. The molecule has 3 nitrogen and oxygen atoms in total. The molecule has 0 saturated carbocycles. The molecule has 0 N–H and O–H groups in total. The number of carbonyl (C=O) groups is 1. The van der Waals surface area contributed by atoms with Crippen molar-refractivity contribution >= 4 is 51.7 Å². The van der Waals surface area contributed by atoms with Crippen LogP contribution in [0.1, 0.15) is 26.7 Å². The van der Waals surface area contributed by atoms with E-state index in [9.17, 15) is 4.79 Å². The first-order valence-electron chi connectivity index (χ1n) is 6.07. The summed E-state index contributed by atoms with van der Waals surface area (Å²) in [6.45, 7) is 7.70. The van der Waals surface area contributed by atoms with Gasteiger partial charge in [-0.1, -0.05) is 73.5 Å². The van der Waals surface area contributed by atoms with Gasteiger partial charge in [-0.05, 0) is 12.5 Å². The molecule has 1 unspecified atom stereocenters. The number of hydrogen-bond acceptors (Lipinski definition) is 7. The molecule has 0 fully saturated rings. The van der Waals surface area contributed by atoms with Gasteiger partial charge in [-0.25, -0.2) is 0 Å². The zero-order valence-electron chi connectivity index (χ0n) is 11.1. The maximum atomic E-state index is 11.2. The number of nitrogens with zero attached hydrogens (tertiary/aromatic N) is 2. The fraction of sp³-hybridized carbons (Fsp3) is 0.583. The van der Waals surface area contributed by atoms with Crippen LogP contribution in [0.3, 0.4) is 0 Å². The predicted molar refractivity (Wildman–Crippen MR) is 88.5 cm³/mol.